The Balaban J connectivity index is 1.40. The van der Waals surface area contributed by atoms with E-state index in [1.807, 2.05) is 35.7 Å². The monoisotopic (exact) mass is 429 g/mol. The Morgan fingerprint density at radius 2 is 1.77 bits per heavy atom. The van der Waals surface area contributed by atoms with E-state index in [9.17, 15) is 4.79 Å². The molecule has 0 aliphatic heterocycles. The Bertz CT molecular complexity index is 1280. The summed E-state index contributed by atoms with van der Waals surface area (Å²) in [7, 11) is 0. The smallest absolute Gasteiger partial charge is 0.260 e. The molecule has 2 N–H and O–H groups in total. The minimum absolute atomic E-state index is 0.0644. The molecular formula is C26H27N3OS. The van der Waals surface area contributed by atoms with E-state index in [1.54, 1.807) is 0 Å². The molecule has 0 radical (unpaired) electrons. The highest BCUT2D eigenvalue weighted by Gasteiger charge is 2.18. The Morgan fingerprint density at radius 3 is 2.58 bits per heavy atom. The zero-order chi connectivity index (χ0) is 21.4. The van der Waals surface area contributed by atoms with Crippen molar-refractivity contribution in [3.63, 3.8) is 0 Å². The minimum Gasteiger partial charge on any atom is -0.309 e. The second-order valence-electron chi connectivity index (χ2n) is 8.49. The summed E-state index contributed by atoms with van der Waals surface area (Å²) in [4.78, 5) is 21.6. The van der Waals surface area contributed by atoms with Crippen molar-refractivity contribution in [1.82, 2.24) is 15.3 Å². The van der Waals surface area contributed by atoms with Gasteiger partial charge in [0.05, 0.1) is 11.4 Å². The molecule has 5 rings (SSSR count). The van der Waals surface area contributed by atoms with Gasteiger partial charge in [0, 0.05) is 17.0 Å². The van der Waals surface area contributed by atoms with Gasteiger partial charge in [-0.25, -0.2) is 4.98 Å². The van der Waals surface area contributed by atoms with E-state index in [0.717, 1.165) is 16.0 Å². The lowest BCUT2D eigenvalue weighted by Crippen LogP contribution is -2.26. The molecule has 4 nitrogen and oxygen atoms in total. The maximum Gasteiger partial charge on any atom is 0.260 e. The highest BCUT2D eigenvalue weighted by Crippen LogP contribution is 2.31. The average molecular weight is 430 g/mol. The Kier molecular flexibility index (Phi) is 5.47. The van der Waals surface area contributed by atoms with Crippen LogP contribution in [0.4, 0.5) is 0 Å². The lowest BCUT2D eigenvalue weighted by atomic mass is 9.89. The van der Waals surface area contributed by atoms with Gasteiger partial charge >= 0.3 is 0 Å². The fourth-order valence-electron chi connectivity index (χ4n) is 4.57. The van der Waals surface area contributed by atoms with Gasteiger partial charge in [0.2, 0.25) is 0 Å². The molecule has 2 aromatic carbocycles. The van der Waals surface area contributed by atoms with Crippen molar-refractivity contribution >= 4 is 21.6 Å². The van der Waals surface area contributed by atoms with Crippen LogP contribution in [0.1, 0.15) is 61.3 Å². The first-order chi connectivity index (χ1) is 15.1. The summed E-state index contributed by atoms with van der Waals surface area (Å²) in [6, 6.07) is 17.0. The fraction of sp³-hybridized carbons (Fsp3) is 0.308. The first-order valence-electron chi connectivity index (χ1n) is 11.0. The molecule has 2 atom stereocenters. The minimum atomic E-state index is -0.0739. The van der Waals surface area contributed by atoms with E-state index in [1.165, 1.54) is 53.7 Å². The van der Waals surface area contributed by atoms with Gasteiger partial charge in [-0.1, -0.05) is 48.5 Å². The summed E-state index contributed by atoms with van der Waals surface area (Å²) in [5.41, 5.74) is 6.20. The number of hydrogen-bond donors (Lipinski definition) is 2. The third-order valence-electron chi connectivity index (χ3n) is 6.33. The molecule has 31 heavy (non-hydrogen) atoms. The number of nitrogens with zero attached hydrogens (tertiary/aromatic N) is 1. The van der Waals surface area contributed by atoms with Crippen LogP contribution in [0.25, 0.3) is 21.3 Å². The summed E-state index contributed by atoms with van der Waals surface area (Å²) >= 11 is 1.53. The van der Waals surface area contributed by atoms with Crippen molar-refractivity contribution in [3.05, 3.63) is 86.8 Å². The number of aromatic nitrogens is 2. The van der Waals surface area contributed by atoms with Crippen molar-refractivity contribution in [3.8, 4) is 11.1 Å². The predicted molar refractivity (Wildman–Crippen MR) is 129 cm³/mol. The second-order valence-corrected chi connectivity index (χ2v) is 9.35. The number of H-pyrrole nitrogens is 1. The van der Waals surface area contributed by atoms with E-state index in [4.69, 9.17) is 4.98 Å². The van der Waals surface area contributed by atoms with Crippen molar-refractivity contribution in [2.24, 2.45) is 0 Å². The van der Waals surface area contributed by atoms with Crippen LogP contribution in [0.3, 0.4) is 0 Å². The third kappa shape index (κ3) is 3.95. The number of thiophene rings is 1. The van der Waals surface area contributed by atoms with Crippen LogP contribution in [0.15, 0.2) is 58.7 Å². The number of benzene rings is 2. The molecule has 0 saturated heterocycles. The lowest BCUT2D eigenvalue weighted by molar-refractivity contribution is 0.476. The van der Waals surface area contributed by atoms with Crippen LogP contribution in [0.5, 0.6) is 0 Å². The molecule has 0 spiro atoms. The summed E-state index contributed by atoms with van der Waals surface area (Å²) < 4.78 is 0. The maximum atomic E-state index is 13.0. The summed E-state index contributed by atoms with van der Waals surface area (Å²) in [5.74, 6) is 0.684. The Hall–Kier alpha value is -2.76. The van der Waals surface area contributed by atoms with Crippen LogP contribution < -0.4 is 10.9 Å². The number of rotatable bonds is 5. The molecule has 0 bridgehead atoms. The van der Waals surface area contributed by atoms with Gasteiger partial charge in [-0.05, 0) is 61.8 Å². The standard InChI is InChI=1S/C26H27N3OS/c1-16(20-13-12-18-8-6-7-11-21(18)14-20)27-17(2)24-28-25(30)23-22(15-31-26(23)29-24)19-9-4-3-5-10-19/h3-5,9-10,12-17,27H,6-8,11H2,1-2H3,(H,28,29,30)/t16-,17+/m0/s1. The van der Waals surface area contributed by atoms with Crippen molar-refractivity contribution < 1.29 is 0 Å². The molecule has 2 aromatic heterocycles. The molecule has 0 amide bonds. The van der Waals surface area contributed by atoms with Gasteiger partial charge in [-0.15, -0.1) is 11.3 Å². The Labute approximate surface area is 186 Å². The largest absolute Gasteiger partial charge is 0.309 e. The number of fused-ring (bicyclic) bond motifs is 2. The van der Waals surface area contributed by atoms with Gasteiger partial charge < -0.3 is 10.3 Å². The molecule has 158 valence electrons. The lowest BCUT2D eigenvalue weighted by Gasteiger charge is -2.22. The summed E-state index contributed by atoms with van der Waals surface area (Å²) in [6.07, 6.45) is 4.96. The van der Waals surface area contributed by atoms with Gasteiger partial charge in [-0.3, -0.25) is 4.79 Å². The SMILES string of the molecule is C[C@H](N[C@H](C)c1nc2scc(-c3ccccc3)c2c(=O)[nH]1)c1ccc2c(c1)CCCC2. The number of hydrogen-bond acceptors (Lipinski definition) is 4. The van der Waals surface area contributed by atoms with Crippen molar-refractivity contribution in [2.45, 2.75) is 51.6 Å². The van der Waals surface area contributed by atoms with E-state index in [0.29, 0.717) is 11.2 Å². The molecule has 1 aliphatic rings. The first-order valence-corrected chi connectivity index (χ1v) is 11.9. The highest BCUT2D eigenvalue weighted by molar-refractivity contribution is 7.17. The summed E-state index contributed by atoms with van der Waals surface area (Å²) in [6.45, 7) is 4.24. The van der Waals surface area contributed by atoms with Crippen LogP contribution >= 0.6 is 11.3 Å². The van der Waals surface area contributed by atoms with E-state index >= 15 is 0 Å². The molecule has 0 saturated carbocycles. The van der Waals surface area contributed by atoms with Gasteiger partial charge in [0.25, 0.3) is 5.56 Å². The molecule has 0 unspecified atom stereocenters. The van der Waals surface area contributed by atoms with Gasteiger partial charge in [0.1, 0.15) is 10.7 Å². The van der Waals surface area contributed by atoms with Crippen LogP contribution in [0, 0.1) is 0 Å². The number of aryl methyl sites for hydroxylation is 2. The van der Waals surface area contributed by atoms with Gasteiger partial charge in [-0.2, -0.15) is 0 Å². The maximum absolute atomic E-state index is 13.0. The highest BCUT2D eigenvalue weighted by atomic mass is 32.1. The number of aromatic amines is 1. The van der Waals surface area contributed by atoms with Crippen LogP contribution in [-0.4, -0.2) is 9.97 Å². The quantitative estimate of drug-likeness (QED) is 0.413. The average Bonchev–Trinajstić information content (AvgIpc) is 3.24. The van der Waals surface area contributed by atoms with Crippen LogP contribution in [-0.2, 0) is 12.8 Å². The van der Waals surface area contributed by atoms with E-state index < -0.39 is 0 Å². The third-order valence-corrected chi connectivity index (χ3v) is 7.20. The van der Waals surface area contributed by atoms with E-state index in [-0.39, 0.29) is 17.6 Å². The Morgan fingerprint density at radius 1 is 1.00 bits per heavy atom. The molecule has 1 aliphatic carbocycles. The van der Waals surface area contributed by atoms with Gasteiger partial charge in [0.15, 0.2) is 0 Å². The normalized spacial score (nSPS) is 15.5. The first kappa shape index (κ1) is 20.2. The van der Waals surface area contributed by atoms with E-state index in [2.05, 4.69) is 42.3 Å². The molecule has 0 fully saturated rings. The second kappa shape index (κ2) is 8.40. The number of nitrogens with one attached hydrogen (secondary N) is 2. The van der Waals surface area contributed by atoms with Crippen LogP contribution in [0.2, 0.25) is 0 Å². The molecular weight excluding hydrogens is 402 g/mol. The molecule has 2 heterocycles. The summed E-state index contributed by atoms with van der Waals surface area (Å²) in [5, 5.41) is 6.33. The topological polar surface area (TPSA) is 57.8 Å². The zero-order valence-corrected chi connectivity index (χ0v) is 18.8. The fourth-order valence-corrected chi connectivity index (χ4v) is 5.53. The van der Waals surface area contributed by atoms with Crippen molar-refractivity contribution in [1.29, 1.82) is 0 Å². The predicted octanol–water partition coefficient (Wildman–Crippen LogP) is 5.94. The van der Waals surface area contributed by atoms with Crippen molar-refractivity contribution in [2.75, 3.05) is 0 Å². The molecule has 4 aromatic rings. The zero-order valence-electron chi connectivity index (χ0n) is 17.9. The molecule has 5 heteroatoms.